The summed E-state index contributed by atoms with van der Waals surface area (Å²) >= 11 is 0. The summed E-state index contributed by atoms with van der Waals surface area (Å²) in [7, 11) is 2.04. The van der Waals surface area contributed by atoms with Gasteiger partial charge in [0.25, 0.3) is 0 Å². The molecule has 0 amide bonds. The minimum absolute atomic E-state index is 0.214. The van der Waals surface area contributed by atoms with Gasteiger partial charge in [-0.25, -0.2) is 4.98 Å². The predicted molar refractivity (Wildman–Crippen MR) is 73.6 cm³/mol. The molecule has 1 aliphatic rings. The summed E-state index contributed by atoms with van der Waals surface area (Å²) in [6.07, 6.45) is 4.57. The molecule has 0 aliphatic carbocycles. The monoisotopic (exact) mass is 250 g/mol. The van der Waals surface area contributed by atoms with Gasteiger partial charge in [0.05, 0.1) is 0 Å². The van der Waals surface area contributed by atoms with Crippen molar-refractivity contribution in [1.82, 2.24) is 20.1 Å². The molecule has 1 saturated heterocycles. The van der Waals surface area contributed by atoms with Crippen LogP contribution in [0.1, 0.15) is 51.7 Å². The fraction of sp³-hybridized carbons (Fsp3) is 0.857. The van der Waals surface area contributed by atoms with Gasteiger partial charge in [-0.3, -0.25) is 4.68 Å². The van der Waals surface area contributed by atoms with E-state index in [2.05, 4.69) is 31.2 Å². The van der Waals surface area contributed by atoms with Gasteiger partial charge in [0, 0.05) is 25.4 Å². The summed E-state index contributed by atoms with van der Waals surface area (Å²) in [5.74, 6) is 2.80. The first-order valence-corrected chi connectivity index (χ1v) is 7.18. The Morgan fingerprint density at radius 1 is 1.44 bits per heavy atom. The maximum atomic E-state index is 4.83. The maximum Gasteiger partial charge on any atom is 0.151 e. The molecule has 1 atom stereocenters. The average molecular weight is 250 g/mol. The Morgan fingerprint density at radius 3 is 2.78 bits per heavy atom. The lowest BCUT2D eigenvalue weighted by Gasteiger charge is -2.26. The van der Waals surface area contributed by atoms with Crippen LogP contribution in [-0.4, -0.2) is 27.9 Å². The molecule has 0 saturated carbocycles. The highest BCUT2D eigenvalue weighted by molar-refractivity contribution is 5.14. The fourth-order valence-corrected chi connectivity index (χ4v) is 3.09. The summed E-state index contributed by atoms with van der Waals surface area (Å²) in [5.41, 5.74) is 0.214. The van der Waals surface area contributed by atoms with Gasteiger partial charge in [-0.1, -0.05) is 27.2 Å². The second-order valence-corrected chi connectivity index (χ2v) is 6.03. The van der Waals surface area contributed by atoms with Crippen molar-refractivity contribution in [3.8, 4) is 0 Å². The molecule has 1 aromatic rings. The summed E-state index contributed by atoms with van der Waals surface area (Å²) in [6.45, 7) is 8.84. The summed E-state index contributed by atoms with van der Waals surface area (Å²) < 4.78 is 2.01. The highest BCUT2D eigenvalue weighted by atomic mass is 15.3. The quantitative estimate of drug-likeness (QED) is 0.869. The van der Waals surface area contributed by atoms with E-state index in [1.54, 1.807) is 0 Å². The lowest BCUT2D eigenvalue weighted by Crippen LogP contribution is -2.32. The predicted octanol–water partition coefficient (Wildman–Crippen LogP) is 2.04. The van der Waals surface area contributed by atoms with Crippen LogP contribution < -0.4 is 5.32 Å². The topological polar surface area (TPSA) is 42.7 Å². The number of rotatable bonds is 5. The van der Waals surface area contributed by atoms with E-state index in [0.29, 0.717) is 5.92 Å². The molecule has 1 aromatic heterocycles. The molecule has 2 heterocycles. The van der Waals surface area contributed by atoms with Crippen LogP contribution in [0.15, 0.2) is 0 Å². The Labute approximate surface area is 110 Å². The summed E-state index contributed by atoms with van der Waals surface area (Å²) in [6, 6.07) is 0. The molecule has 1 unspecified atom stereocenters. The molecule has 18 heavy (non-hydrogen) atoms. The van der Waals surface area contributed by atoms with Gasteiger partial charge in [0.15, 0.2) is 5.82 Å². The van der Waals surface area contributed by atoms with Crippen molar-refractivity contribution in [1.29, 1.82) is 0 Å². The van der Waals surface area contributed by atoms with Crippen molar-refractivity contribution < 1.29 is 0 Å². The first kappa shape index (κ1) is 13.5. The molecule has 1 fully saturated rings. The zero-order chi connectivity index (χ0) is 13.2. The summed E-state index contributed by atoms with van der Waals surface area (Å²) in [4.78, 5) is 4.83. The molecule has 1 N–H and O–H groups in total. The number of aryl methyl sites for hydroxylation is 1. The van der Waals surface area contributed by atoms with Gasteiger partial charge in [0.2, 0.25) is 0 Å². The second kappa shape index (κ2) is 5.39. The van der Waals surface area contributed by atoms with E-state index in [9.17, 15) is 0 Å². The molecular weight excluding hydrogens is 224 g/mol. The lowest BCUT2D eigenvalue weighted by molar-refractivity contribution is 0.385. The van der Waals surface area contributed by atoms with Crippen LogP contribution in [0.2, 0.25) is 0 Å². The van der Waals surface area contributed by atoms with Crippen molar-refractivity contribution in [3.63, 3.8) is 0 Å². The van der Waals surface area contributed by atoms with Gasteiger partial charge in [-0.05, 0) is 25.3 Å². The Morgan fingerprint density at radius 2 is 2.22 bits per heavy atom. The zero-order valence-electron chi connectivity index (χ0n) is 12.2. The molecule has 102 valence electrons. The van der Waals surface area contributed by atoms with Crippen LogP contribution in [0.3, 0.4) is 0 Å². The third-order valence-electron chi connectivity index (χ3n) is 3.84. The first-order valence-electron chi connectivity index (χ1n) is 7.18. The highest BCUT2D eigenvalue weighted by Crippen LogP contribution is 2.34. The van der Waals surface area contributed by atoms with Crippen LogP contribution in [0.5, 0.6) is 0 Å². The Kier molecular flexibility index (Phi) is 4.05. The van der Waals surface area contributed by atoms with Gasteiger partial charge in [0.1, 0.15) is 5.82 Å². The molecule has 2 rings (SSSR count). The molecule has 1 aliphatic heterocycles. The smallest absolute Gasteiger partial charge is 0.151 e. The minimum atomic E-state index is 0.214. The third kappa shape index (κ3) is 2.58. The number of nitrogens with one attached hydrogen (secondary N) is 1. The summed E-state index contributed by atoms with van der Waals surface area (Å²) in [5, 5.41) is 8.09. The van der Waals surface area contributed by atoms with Crippen LogP contribution >= 0.6 is 0 Å². The SMILES string of the molecule is CCCC1(c2nc(CC(C)C)nn2C)CCNC1. The standard InChI is InChI=1S/C14H26N4/c1-5-6-14(7-8-15-10-14)13-16-12(9-11(2)3)17-18(13)4/h11,15H,5-10H2,1-4H3. The maximum absolute atomic E-state index is 4.83. The van der Waals surface area contributed by atoms with Gasteiger partial charge < -0.3 is 5.32 Å². The molecule has 0 aromatic carbocycles. The van der Waals surface area contributed by atoms with Crippen LogP contribution in [0, 0.1) is 5.92 Å². The number of aromatic nitrogens is 3. The molecule has 0 radical (unpaired) electrons. The van der Waals surface area contributed by atoms with Crippen molar-refractivity contribution in [2.75, 3.05) is 13.1 Å². The number of hydrogen-bond donors (Lipinski definition) is 1. The van der Waals surface area contributed by atoms with E-state index < -0.39 is 0 Å². The van der Waals surface area contributed by atoms with Crippen molar-refractivity contribution in [3.05, 3.63) is 11.6 Å². The van der Waals surface area contributed by atoms with Crippen LogP contribution in [0.4, 0.5) is 0 Å². The fourth-order valence-electron chi connectivity index (χ4n) is 3.09. The van der Waals surface area contributed by atoms with E-state index in [1.807, 2.05) is 11.7 Å². The lowest BCUT2D eigenvalue weighted by atomic mass is 9.81. The average Bonchev–Trinajstić information content (AvgIpc) is 2.86. The number of nitrogens with zero attached hydrogens (tertiary/aromatic N) is 3. The van der Waals surface area contributed by atoms with E-state index >= 15 is 0 Å². The van der Waals surface area contributed by atoms with Crippen LogP contribution in [-0.2, 0) is 18.9 Å². The van der Waals surface area contributed by atoms with Gasteiger partial charge in [-0.15, -0.1) is 0 Å². The first-order chi connectivity index (χ1) is 8.57. The Balaban J connectivity index is 2.27. The molecule has 4 nitrogen and oxygen atoms in total. The Bertz CT molecular complexity index is 388. The normalized spacial score (nSPS) is 24.1. The molecule has 4 heteroatoms. The minimum Gasteiger partial charge on any atom is -0.316 e. The van der Waals surface area contributed by atoms with Gasteiger partial charge in [-0.2, -0.15) is 5.10 Å². The van der Waals surface area contributed by atoms with Crippen molar-refractivity contribution in [2.45, 2.75) is 51.9 Å². The molecule has 0 spiro atoms. The molecular formula is C14H26N4. The second-order valence-electron chi connectivity index (χ2n) is 6.03. The van der Waals surface area contributed by atoms with Crippen molar-refractivity contribution in [2.24, 2.45) is 13.0 Å². The van der Waals surface area contributed by atoms with Crippen LogP contribution in [0.25, 0.3) is 0 Å². The van der Waals surface area contributed by atoms with E-state index in [-0.39, 0.29) is 5.41 Å². The van der Waals surface area contributed by atoms with Crippen molar-refractivity contribution >= 4 is 0 Å². The highest BCUT2D eigenvalue weighted by Gasteiger charge is 2.38. The van der Waals surface area contributed by atoms with E-state index in [1.165, 1.54) is 25.1 Å². The number of hydrogen-bond acceptors (Lipinski definition) is 3. The Hall–Kier alpha value is -0.900. The molecule has 0 bridgehead atoms. The third-order valence-corrected chi connectivity index (χ3v) is 3.84. The van der Waals surface area contributed by atoms with E-state index in [0.717, 1.165) is 25.3 Å². The zero-order valence-corrected chi connectivity index (χ0v) is 12.2. The van der Waals surface area contributed by atoms with Gasteiger partial charge >= 0.3 is 0 Å². The largest absolute Gasteiger partial charge is 0.316 e. The van der Waals surface area contributed by atoms with E-state index in [4.69, 9.17) is 4.98 Å².